The molecule has 0 spiro atoms. The van der Waals surface area contributed by atoms with E-state index in [0.717, 1.165) is 5.56 Å². The Kier molecular flexibility index (Phi) is 7.40. The summed E-state index contributed by atoms with van der Waals surface area (Å²) >= 11 is 1.23. The number of nitrogens with one attached hydrogen (secondary N) is 1. The maximum absolute atomic E-state index is 12.6. The zero-order valence-electron chi connectivity index (χ0n) is 17.0. The van der Waals surface area contributed by atoms with Crippen molar-refractivity contribution in [1.29, 1.82) is 0 Å². The number of aldehydes is 1. The Labute approximate surface area is 183 Å². The number of benzene rings is 2. The van der Waals surface area contributed by atoms with Gasteiger partial charge in [-0.3, -0.25) is 9.59 Å². The van der Waals surface area contributed by atoms with Crippen LogP contribution in [0.1, 0.15) is 27.6 Å². The number of carbonyl (C=O) groups excluding carboxylic acids is 3. The van der Waals surface area contributed by atoms with Gasteiger partial charge in [0.2, 0.25) is 0 Å². The second kappa shape index (κ2) is 10.4. The Morgan fingerprint density at radius 3 is 2.55 bits per heavy atom. The maximum atomic E-state index is 12.6. The monoisotopic (exact) mass is 439 g/mol. The molecule has 0 aliphatic heterocycles. The van der Waals surface area contributed by atoms with Gasteiger partial charge in [0.15, 0.2) is 18.1 Å². The van der Waals surface area contributed by atoms with Crippen LogP contribution in [0.25, 0.3) is 11.1 Å². The lowest BCUT2D eigenvalue weighted by Crippen LogP contribution is -2.21. The summed E-state index contributed by atoms with van der Waals surface area (Å²) in [6.07, 6.45) is 0.675. The van der Waals surface area contributed by atoms with Crippen LogP contribution in [0.15, 0.2) is 53.9 Å². The minimum absolute atomic E-state index is 0.215. The van der Waals surface area contributed by atoms with Crippen LogP contribution in [0.4, 0.5) is 5.00 Å². The summed E-state index contributed by atoms with van der Waals surface area (Å²) in [5.74, 6) is -0.318. The third kappa shape index (κ3) is 5.29. The van der Waals surface area contributed by atoms with E-state index in [1.165, 1.54) is 24.5 Å². The van der Waals surface area contributed by atoms with Gasteiger partial charge in [-0.25, -0.2) is 4.79 Å². The average Bonchev–Trinajstić information content (AvgIpc) is 3.21. The summed E-state index contributed by atoms with van der Waals surface area (Å²) in [6.45, 7) is 1.60. The van der Waals surface area contributed by atoms with Crippen LogP contribution in [0, 0.1) is 0 Å². The molecule has 1 aromatic heterocycles. The van der Waals surface area contributed by atoms with Gasteiger partial charge in [0, 0.05) is 16.5 Å². The molecule has 2 aromatic carbocycles. The topological polar surface area (TPSA) is 90.9 Å². The van der Waals surface area contributed by atoms with Gasteiger partial charge in [0.1, 0.15) is 16.9 Å². The standard InChI is InChI=1S/C23H21NO6S/c1-3-29-23(27)21-17(16-7-5-4-6-8-16)14-31-22(21)24-20(26)13-30-19-11-15(12-25)9-10-18(19)28-2/h4-12,14H,3,13H2,1-2H3,(H,24,26). The predicted octanol–water partition coefficient (Wildman–Crippen LogP) is 4.43. The molecule has 0 atom stereocenters. The van der Waals surface area contributed by atoms with Crippen molar-refractivity contribution in [3.8, 4) is 22.6 Å². The molecule has 160 valence electrons. The molecule has 1 heterocycles. The maximum Gasteiger partial charge on any atom is 0.341 e. The number of methoxy groups -OCH3 is 1. The molecule has 7 nitrogen and oxygen atoms in total. The first-order chi connectivity index (χ1) is 15.1. The van der Waals surface area contributed by atoms with E-state index in [9.17, 15) is 14.4 Å². The minimum Gasteiger partial charge on any atom is -0.493 e. The van der Waals surface area contributed by atoms with Gasteiger partial charge in [-0.05, 0) is 30.7 Å². The van der Waals surface area contributed by atoms with Crippen LogP contribution in [0.2, 0.25) is 0 Å². The van der Waals surface area contributed by atoms with E-state index in [2.05, 4.69) is 5.32 Å². The fourth-order valence-electron chi connectivity index (χ4n) is 2.87. The molecular formula is C23H21NO6S. The molecule has 0 bridgehead atoms. The summed E-state index contributed by atoms with van der Waals surface area (Å²) in [5, 5.41) is 4.89. The molecular weight excluding hydrogens is 418 g/mol. The molecule has 0 saturated heterocycles. The number of hydrogen-bond donors (Lipinski definition) is 1. The van der Waals surface area contributed by atoms with Crippen molar-refractivity contribution in [2.45, 2.75) is 6.92 Å². The SMILES string of the molecule is CCOC(=O)c1c(-c2ccccc2)csc1NC(=O)COc1cc(C=O)ccc1OC. The number of esters is 1. The first kappa shape index (κ1) is 22.0. The Morgan fingerprint density at radius 1 is 1.10 bits per heavy atom. The number of amides is 1. The van der Waals surface area contributed by atoms with Crippen LogP contribution in [0.5, 0.6) is 11.5 Å². The number of anilines is 1. The molecule has 1 amide bonds. The van der Waals surface area contributed by atoms with Crippen LogP contribution < -0.4 is 14.8 Å². The fraction of sp³-hybridized carbons (Fsp3) is 0.174. The first-order valence-electron chi connectivity index (χ1n) is 9.47. The lowest BCUT2D eigenvalue weighted by Gasteiger charge is -2.12. The van der Waals surface area contributed by atoms with Gasteiger partial charge in [-0.15, -0.1) is 11.3 Å². The van der Waals surface area contributed by atoms with Crippen molar-refractivity contribution in [3.63, 3.8) is 0 Å². The summed E-state index contributed by atoms with van der Waals surface area (Å²) in [4.78, 5) is 36.1. The van der Waals surface area contributed by atoms with Crippen molar-refractivity contribution in [3.05, 3.63) is 65.0 Å². The van der Waals surface area contributed by atoms with E-state index < -0.39 is 11.9 Å². The quantitative estimate of drug-likeness (QED) is 0.392. The molecule has 3 rings (SSSR count). The number of carbonyl (C=O) groups is 3. The highest BCUT2D eigenvalue weighted by Gasteiger charge is 2.23. The summed E-state index contributed by atoms with van der Waals surface area (Å²) < 4.78 is 15.9. The van der Waals surface area contributed by atoms with Gasteiger partial charge < -0.3 is 19.5 Å². The van der Waals surface area contributed by atoms with Gasteiger partial charge >= 0.3 is 5.97 Å². The molecule has 0 aliphatic rings. The van der Waals surface area contributed by atoms with E-state index >= 15 is 0 Å². The Bertz CT molecular complexity index is 1080. The van der Waals surface area contributed by atoms with E-state index in [1.807, 2.05) is 30.3 Å². The second-order valence-electron chi connectivity index (χ2n) is 6.30. The molecule has 0 saturated carbocycles. The Hall–Kier alpha value is -3.65. The van der Waals surface area contributed by atoms with Crippen molar-refractivity contribution in [1.82, 2.24) is 0 Å². The van der Waals surface area contributed by atoms with Crippen LogP contribution in [-0.2, 0) is 9.53 Å². The van der Waals surface area contributed by atoms with Crippen LogP contribution >= 0.6 is 11.3 Å². The summed E-state index contributed by atoms with van der Waals surface area (Å²) in [5.41, 5.74) is 2.22. The predicted molar refractivity (Wildman–Crippen MR) is 118 cm³/mol. The molecule has 0 aliphatic carbocycles. The lowest BCUT2D eigenvalue weighted by molar-refractivity contribution is -0.118. The van der Waals surface area contributed by atoms with E-state index in [-0.39, 0.29) is 19.0 Å². The zero-order chi connectivity index (χ0) is 22.2. The number of rotatable bonds is 9. The summed E-state index contributed by atoms with van der Waals surface area (Å²) in [7, 11) is 1.46. The molecule has 0 fully saturated rings. The number of thiophene rings is 1. The number of ether oxygens (including phenoxy) is 3. The highest BCUT2D eigenvalue weighted by Crippen LogP contribution is 2.36. The molecule has 0 unspecified atom stereocenters. The Balaban J connectivity index is 1.79. The van der Waals surface area contributed by atoms with E-state index in [0.29, 0.717) is 33.7 Å². The van der Waals surface area contributed by atoms with Crippen LogP contribution in [-0.4, -0.2) is 38.5 Å². The fourth-order valence-corrected chi connectivity index (χ4v) is 3.84. The van der Waals surface area contributed by atoms with Gasteiger partial charge in [0.25, 0.3) is 5.91 Å². The number of hydrogen-bond acceptors (Lipinski definition) is 7. The first-order valence-corrected chi connectivity index (χ1v) is 10.3. The van der Waals surface area contributed by atoms with Crippen LogP contribution in [0.3, 0.4) is 0 Å². The van der Waals surface area contributed by atoms with E-state index in [4.69, 9.17) is 14.2 Å². The Morgan fingerprint density at radius 2 is 1.87 bits per heavy atom. The second-order valence-corrected chi connectivity index (χ2v) is 7.18. The molecule has 3 aromatic rings. The highest BCUT2D eigenvalue weighted by atomic mass is 32.1. The largest absolute Gasteiger partial charge is 0.493 e. The molecule has 31 heavy (non-hydrogen) atoms. The van der Waals surface area contributed by atoms with Crippen molar-refractivity contribution in [2.24, 2.45) is 0 Å². The van der Waals surface area contributed by atoms with Crippen molar-refractivity contribution < 1.29 is 28.6 Å². The zero-order valence-corrected chi connectivity index (χ0v) is 17.9. The third-order valence-electron chi connectivity index (χ3n) is 4.29. The van der Waals surface area contributed by atoms with Crippen molar-refractivity contribution in [2.75, 3.05) is 25.6 Å². The lowest BCUT2D eigenvalue weighted by atomic mass is 10.0. The smallest absolute Gasteiger partial charge is 0.341 e. The summed E-state index contributed by atoms with van der Waals surface area (Å²) in [6, 6.07) is 14.0. The highest BCUT2D eigenvalue weighted by molar-refractivity contribution is 7.15. The van der Waals surface area contributed by atoms with Gasteiger partial charge in [0.05, 0.1) is 13.7 Å². The third-order valence-corrected chi connectivity index (χ3v) is 5.19. The molecule has 1 N–H and O–H groups in total. The normalized spacial score (nSPS) is 10.3. The average molecular weight is 439 g/mol. The molecule has 8 heteroatoms. The van der Waals surface area contributed by atoms with Crippen molar-refractivity contribution >= 4 is 34.5 Å². The van der Waals surface area contributed by atoms with Gasteiger partial charge in [-0.1, -0.05) is 30.3 Å². The van der Waals surface area contributed by atoms with Gasteiger partial charge in [-0.2, -0.15) is 0 Å². The minimum atomic E-state index is -0.515. The molecule has 0 radical (unpaired) electrons. The van der Waals surface area contributed by atoms with E-state index in [1.54, 1.807) is 24.4 Å².